The summed E-state index contributed by atoms with van der Waals surface area (Å²) in [6.45, 7) is 1.19. The lowest BCUT2D eigenvalue weighted by molar-refractivity contribution is 0.251. The monoisotopic (exact) mass is 437 g/mol. The third-order valence-electron chi connectivity index (χ3n) is 4.31. The summed E-state index contributed by atoms with van der Waals surface area (Å²) in [5, 5.41) is 5.71. The predicted octanol–water partition coefficient (Wildman–Crippen LogP) is 3.09. The summed E-state index contributed by atoms with van der Waals surface area (Å²) in [4.78, 5) is 12.2. The molecule has 138 valence electrons. The summed E-state index contributed by atoms with van der Waals surface area (Å²) in [6.07, 6.45) is 1.79. The number of carbonyl (C=O) groups excluding carboxylic acids is 1. The largest absolute Gasteiger partial charge is 0.334 e. The van der Waals surface area contributed by atoms with Crippen molar-refractivity contribution in [1.29, 1.82) is 0 Å². The van der Waals surface area contributed by atoms with Gasteiger partial charge in [0.15, 0.2) is 0 Å². The van der Waals surface area contributed by atoms with Gasteiger partial charge in [0, 0.05) is 29.8 Å². The van der Waals surface area contributed by atoms with Crippen LogP contribution in [0.15, 0.2) is 46.9 Å². The number of rotatable bonds is 4. The molecule has 0 fully saturated rings. The highest BCUT2D eigenvalue weighted by Crippen LogP contribution is 2.27. The number of hydrogen-bond acceptors (Lipinski definition) is 3. The zero-order valence-corrected chi connectivity index (χ0v) is 16.7. The van der Waals surface area contributed by atoms with Crippen molar-refractivity contribution >= 4 is 37.7 Å². The third kappa shape index (κ3) is 4.63. The highest BCUT2D eigenvalue weighted by molar-refractivity contribution is 9.10. The summed E-state index contributed by atoms with van der Waals surface area (Å²) < 4.78 is 25.9. The van der Waals surface area contributed by atoms with Gasteiger partial charge in [-0.15, -0.1) is 0 Å². The van der Waals surface area contributed by atoms with E-state index in [0.29, 0.717) is 26.1 Å². The molecule has 2 N–H and O–H groups in total. The van der Waals surface area contributed by atoms with Crippen molar-refractivity contribution in [3.05, 3.63) is 63.6 Å². The standard InChI is InChI=1S/C18H20BrN3O3S/c1-26(24,25)22-10-9-16-14(12-22)3-2-4-17(16)21-18(23)20-11-13-5-7-15(19)8-6-13/h2-8H,9-12H2,1H3,(H2,20,21,23). The fourth-order valence-electron chi connectivity index (χ4n) is 2.93. The van der Waals surface area contributed by atoms with Crippen LogP contribution in [-0.4, -0.2) is 31.6 Å². The minimum absolute atomic E-state index is 0.285. The lowest BCUT2D eigenvalue weighted by atomic mass is 9.99. The molecule has 0 atom stereocenters. The SMILES string of the molecule is CS(=O)(=O)N1CCc2c(cccc2NC(=O)NCc2ccc(Br)cc2)C1. The van der Waals surface area contributed by atoms with Gasteiger partial charge in [0.2, 0.25) is 10.0 Å². The molecule has 0 bridgehead atoms. The van der Waals surface area contributed by atoms with Gasteiger partial charge in [-0.05, 0) is 41.3 Å². The number of urea groups is 1. The highest BCUT2D eigenvalue weighted by atomic mass is 79.9. The zero-order valence-electron chi connectivity index (χ0n) is 14.3. The summed E-state index contributed by atoms with van der Waals surface area (Å²) in [5.74, 6) is 0. The van der Waals surface area contributed by atoms with Crippen LogP contribution in [0.3, 0.4) is 0 Å². The number of carbonyl (C=O) groups is 1. The molecule has 2 aromatic carbocycles. The second-order valence-electron chi connectivity index (χ2n) is 6.22. The van der Waals surface area contributed by atoms with Gasteiger partial charge in [-0.25, -0.2) is 13.2 Å². The first-order valence-corrected chi connectivity index (χ1v) is 10.8. The maximum atomic E-state index is 12.2. The lowest BCUT2D eigenvalue weighted by Crippen LogP contribution is -2.36. The Morgan fingerprint density at radius 3 is 2.62 bits per heavy atom. The van der Waals surface area contributed by atoms with Crippen molar-refractivity contribution in [2.75, 3.05) is 18.1 Å². The van der Waals surface area contributed by atoms with Crippen LogP contribution in [0.2, 0.25) is 0 Å². The number of amides is 2. The van der Waals surface area contributed by atoms with E-state index in [1.807, 2.05) is 42.5 Å². The van der Waals surface area contributed by atoms with Gasteiger partial charge in [0.1, 0.15) is 0 Å². The minimum atomic E-state index is -3.22. The fraction of sp³-hybridized carbons (Fsp3) is 0.278. The lowest BCUT2D eigenvalue weighted by Gasteiger charge is -2.28. The summed E-state index contributed by atoms with van der Waals surface area (Å²) in [5.41, 5.74) is 3.64. The Morgan fingerprint density at radius 1 is 1.19 bits per heavy atom. The third-order valence-corrected chi connectivity index (χ3v) is 6.09. The normalized spacial score (nSPS) is 14.5. The van der Waals surface area contributed by atoms with Crippen LogP contribution in [0.5, 0.6) is 0 Å². The van der Waals surface area contributed by atoms with Gasteiger partial charge in [0.25, 0.3) is 0 Å². The molecule has 0 unspecified atom stereocenters. The molecule has 1 aliphatic rings. The van der Waals surface area contributed by atoms with Crippen LogP contribution in [0.1, 0.15) is 16.7 Å². The van der Waals surface area contributed by atoms with Gasteiger partial charge in [-0.3, -0.25) is 0 Å². The van der Waals surface area contributed by atoms with Crippen LogP contribution in [0.25, 0.3) is 0 Å². The molecular formula is C18H20BrN3O3S. The molecule has 1 heterocycles. The fourth-order valence-corrected chi connectivity index (χ4v) is 4.00. The molecule has 3 rings (SSSR count). The summed E-state index contributed by atoms with van der Waals surface area (Å²) in [7, 11) is -3.22. The molecule has 0 radical (unpaired) electrons. The first-order chi connectivity index (χ1) is 12.3. The van der Waals surface area contributed by atoms with E-state index in [-0.39, 0.29) is 6.03 Å². The molecular weight excluding hydrogens is 418 g/mol. The van der Waals surface area contributed by atoms with E-state index in [2.05, 4.69) is 26.6 Å². The number of sulfonamides is 1. The van der Waals surface area contributed by atoms with E-state index in [9.17, 15) is 13.2 Å². The quantitative estimate of drug-likeness (QED) is 0.770. The van der Waals surface area contributed by atoms with Gasteiger partial charge in [-0.1, -0.05) is 40.2 Å². The van der Waals surface area contributed by atoms with Crippen LogP contribution in [0.4, 0.5) is 10.5 Å². The molecule has 1 aliphatic heterocycles. The van der Waals surface area contributed by atoms with Gasteiger partial charge in [-0.2, -0.15) is 4.31 Å². The number of fused-ring (bicyclic) bond motifs is 1. The first kappa shape index (κ1) is 18.9. The van der Waals surface area contributed by atoms with Gasteiger partial charge >= 0.3 is 6.03 Å². The van der Waals surface area contributed by atoms with Crippen LogP contribution in [-0.2, 0) is 29.5 Å². The number of benzene rings is 2. The molecule has 0 spiro atoms. The Morgan fingerprint density at radius 2 is 1.92 bits per heavy atom. The van der Waals surface area contributed by atoms with Crippen molar-refractivity contribution in [3.8, 4) is 0 Å². The second kappa shape index (κ2) is 7.77. The first-order valence-electron chi connectivity index (χ1n) is 8.18. The van der Waals surface area contributed by atoms with Crippen molar-refractivity contribution in [3.63, 3.8) is 0 Å². The van der Waals surface area contributed by atoms with E-state index in [1.54, 1.807) is 0 Å². The summed E-state index contributed by atoms with van der Waals surface area (Å²) in [6, 6.07) is 13.0. The average Bonchev–Trinajstić information content (AvgIpc) is 2.60. The second-order valence-corrected chi connectivity index (χ2v) is 9.12. The minimum Gasteiger partial charge on any atom is -0.334 e. The Kier molecular flexibility index (Phi) is 5.64. The highest BCUT2D eigenvalue weighted by Gasteiger charge is 2.24. The smallest absolute Gasteiger partial charge is 0.319 e. The van der Waals surface area contributed by atoms with E-state index < -0.39 is 10.0 Å². The van der Waals surface area contributed by atoms with Crippen molar-refractivity contribution in [2.24, 2.45) is 0 Å². The number of halogens is 1. The van der Waals surface area contributed by atoms with Gasteiger partial charge < -0.3 is 10.6 Å². The predicted molar refractivity (Wildman–Crippen MR) is 105 cm³/mol. The molecule has 0 saturated carbocycles. The maximum absolute atomic E-state index is 12.2. The van der Waals surface area contributed by atoms with Gasteiger partial charge in [0.05, 0.1) is 6.26 Å². The number of nitrogens with zero attached hydrogens (tertiary/aromatic N) is 1. The van der Waals surface area contributed by atoms with E-state index in [4.69, 9.17) is 0 Å². The number of hydrogen-bond donors (Lipinski definition) is 2. The Labute approximate surface area is 161 Å². The van der Waals surface area contributed by atoms with Crippen molar-refractivity contribution in [1.82, 2.24) is 9.62 Å². The van der Waals surface area contributed by atoms with Crippen molar-refractivity contribution in [2.45, 2.75) is 19.5 Å². The molecule has 26 heavy (non-hydrogen) atoms. The Bertz CT molecular complexity index is 914. The van der Waals surface area contributed by atoms with E-state index in [1.165, 1.54) is 10.6 Å². The van der Waals surface area contributed by atoms with E-state index in [0.717, 1.165) is 26.9 Å². The molecule has 0 aromatic heterocycles. The molecule has 2 amide bonds. The number of anilines is 1. The van der Waals surface area contributed by atoms with Crippen LogP contribution in [0, 0.1) is 0 Å². The topological polar surface area (TPSA) is 78.5 Å². The average molecular weight is 438 g/mol. The number of nitrogens with one attached hydrogen (secondary N) is 2. The Hall–Kier alpha value is -1.90. The molecule has 2 aromatic rings. The molecule has 8 heteroatoms. The van der Waals surface area contributed by atoms with Crippen molar-refractivity contribution < 1.29 is 13.2 Å². The van der Waals surface area contributed by atoms with E-state index >= 15 is 0 Å². The molecule has 0 aliphatic carbocycles. The van der Waals surface area contributed by atoms with Crippen LogP contribution >= 0.6 is 15.9 Å². The summed E-state index contributed by atoms with van der Waals surface area (Å²) >= 11 is 3.38. The molecule has 6 nitrogen and oxygen atoms in total. The van der Waals surface area contributed by atoms with Crippen LogP contribution < -0.4 is 10.6 Å². The Balaban J connectivity index is 1.65. The molecule has 0 saturated heterocycles. The zero-order chi connectivity index (χ0) is 18.7. The maximum Gasteiger partial charge on any atom is 0.319 e.